The SMILES string of the molecule is CN(Cc1cnn(-c2ccccc2)c1)C(=O)CCNC(=O)Cc1ccccc1. The number of benzene rings is 2. The number of para-hydroxylation sites is 1. The summed E-state index contributed by atoms with van der Waals surface area (Å²) in [5.41, 5.74) is 2.88. The highest BCUT2D eigenvalue weighted by Crippen LogP contribution is 2.09. The van der Waals surface area contributed by atoms with Crippen molar-refractivity contribution in [2.45, 2.75) is 19.4 Å². The van der Waals surface area contributed by atoms with E-state index in [0.717, 1.165) is 16.8 Å². The molecule has 0 fully saturated rings. The van der Waals surface area contributed by atoms with Gasteiger partial charge in [-0.3, -0.25) is 9.59 Å². The molecule has 1 heterocycles. The van der Waals surface area contributed by atoms with E-state index in [1.54, 1.807) is 22.8 Å². The fourth-order valence-electron chi connectivity index (χ4n) is 2.87. The second-order valence-corrected chi connectivity index (χ2v) is 6.64. The van der Waals surface area contributed by atoms with E-state index in [-0.39, 0.29) is 18.2 Å². The van der Waals surface area contributed by atoms with Crippen molar-refractivity contribution in [2.24, 2.45) is 0 Å². The van der Waals surface area contributed by atoms with Crippen LogP contribution in [0.4, 0.5) is 0 Å². The molecule has 0 spiro atoms. The molecule has 1 aromatic heterocycles. The van der Waals surface area contributed by atoms with E-state index in [1.807, 2.05) is 66.9 Å². The molecular weight excluding hydrogens is 352 g/mol. The molecule has 0 bridgehead atoms. The summed E-state index contributed by atoms with van der Waals surface area (Å²) in [6.07, 6.45) is 4.27. The van der Waals surface area contributed by atoms with Gasteiger partial charge in [0.1, 0.15) is 0 Å². The molecule has 0 saturated carbocycles. The van der Waals surface area contributed by atoms with Gasteiger partial charge in [0.2, 0.25) is 11.8 Å². The minimum absolute atomic E-state index is 0.0209. The second-order valence-electron chi connectivity index (χ2n) is 6.64. The van der Waals surface area contributed by atoms with Gasteiger partial charge in [-0.2, -0.15) is 5.10 Å². The smallest absolute Gasteiger partial charge is 0.224 e. The summed E-state index contributed by atoms with van der Waals surface area (Å²) < 4.78 is 1.79. The van der Waals surface area contributed by atoms with Crippen LogP contribution >= 0.6 is 0 Å². The van der Waals surface area contributed by atoms with Crippen molar-refractivity contribution in [3.05, 3.63) is 84.2 Å². The first kappa shape index (κ1) is 19.4. The lowest BCUT2D eigenvalue weighted by molar-refractivity contribution is -0.130. The highest BCUT2D eigenvalue weighted by atomic mass is 16.2. The Kier molecular flexibility index (Phi) is 6.57. The van der Waals surface area contributed by atoms with Crippen LogP contribution in [0, 0.1) is 0 Å². The highest BCUT2D eigenvalue weighted by Gasteiger charge is 2.11. The molecule has 6 nitrogen and oxygen atoms in total. The number of nitrogens with zero attached hydrogens (tertiary/aromatic N) is 3. The molecule has 6 heteroatoms. The van der Waals surface area contributed by atoms with Crippen molar-refractivity contribution in [1.82, 2.24) is 20.0 Å². The Morgan fingerprint density at radius 3 is 2.39 bits per heavy atom. The van der Waals surface area contributed by atoms with E-state index in [1.165, 1.54) is 0 Å². The molecule has 0 unspecified atom stereocenters. The van der Waals surface area contributed by atoms with Gasteiger partial charge in [-0.15, -0.1) is 0 Å². The van der Waals surface area contributed by atoms with Crippen LogP contribution in [-0.4, -0.2) is 40.1 Å². The lowest BCUT2D eigenvalue weighted by Gasteiger charge is -2.16. The van der Waals surface area contributed by atoms with Crippen LogP contribution in [0.15, 0.2) is 73.1 Å². The Bertz CT molecular complexity index is 907. The van der Waals surface area contributed by atoms with Gasteiger partial charge in [-0.1, -0.05) is 48.5 Å². The van der Waals surface area contributed by atoms with Gasteiger partial charge < -0.3 is 10.2 Å². The lowest BCUT2D eigenvalue weighted by atomic mass is 10.1. The molecule has 3 rings (SSSR count). The van der Waals surface area contributed by atoms with Crippen LogP contribution in [0.1, 0.15) is 17.5 Å². The molecule has 0 aliphatic carbocycles. The number of carbonyl (C=O) groups is 2. The van der Waals surface area contributed by atoms with Gasteiger partial charge in [0.25, 0.3) is 0 Å². The Morgan fingerprint density at radius 2 is 1.68 bits per heavy atom. The molecule has 2 amide bonds. The minimum atomic E-state index is -0.0780. The van der Waals surface area contributed by atoms with Crippen LogP contribution < -0.4 is 5.32 Å². The Labute approximate surface area is 164 Å². The maximum atomic E-state index is 12.3. The fourth-order valence-corrected chi connectivity index (χ4v) is 2.87. The van der Waals surface area contributed by atoms with Gasteiger partial charge in [0.05, 0.1) is 18.3 Å². The van der Waals surface area contributed by atoms with Gasteiger partial charge in [0.15, 0.2) is 0 Å². The highest BCUT2D eigenvalue weighted by molar-refractivity contribution is 5.80. The summed E-state index contributed by atoms with van der Waals surface area (Å²) in [7, 11) is 1.76. The largest absolute Gasteiger partial charge is 0.355 e. The molecular formula is C22H24N4O2. The first-order valence-corrected chi connectivity index (χ1v) is 9.25. The third kappa shape index (κ3) is 5.54. The zero-order valence-corrected chi connectivity index (χ0v) is 15.9. The van der Waals surface area contributed by atoms with Crippen molar-refractivity contribution in [3.8, 4) is 5.69 Å². The molecule has 1 N–H and O–H groups in total. The predicted molar refractivity (Wildman–Crippen MR) is 108 cm³/mol. The molecule has 0 aliphatic heterocycles. The van der Waals surface area contributed by atoms with Crippen molar-refractivity contribution >= 4 is 11.8 Å². The minimum Gasteiger partial charge on any atom is -0.355 e. The summed E-state index contributed by atoms with van der Waals surface area (Å²) in [6, 6.07) is 19.4. The van der Waals surface area contributed by atoms with Gasteiger partial charge in [-0.25, -0.2) is 4.68 Å². The van der Waals surface area contributed by atoms with E-state index in [4.69, 9.17) is 0 Å². The number of nitrogens with one attached hydrogen (secondary N) is 1. The van der Waals surface area contributed by atoms with E-state index in [9.17, 15) is 9.59 Å². The van der Waals surface area contributed by atoms with Crippen molar-refractivity contribution < 1.29 is 9.59 Å². The molecule has 144 valence electrons. The van der Waals surface area contributed by atoms with Crippen LogP contribution in [0.25, 0.3) is 5.69 Å². The first-order chi connectivity index (χ1) is 13.6. The van der Waals surface area contributed by atoms with Gasteiger partial charge in [-0.05, 0) is 17.7 Å². The zero-order valence-electron chi connectivity index (χ0n) is 15.9. The molecule has 2 aromatic carbocycles. The van der Waals surface area contributed by atoms with Crippen LogP contribution in [0.3, 0.4) is 0 Å². The number of hydrogen-bond donors (Lipinski definition) is 1. The second kappa shape index (κ2) is 9.50. The predicted octanol–water partition coefficient (Wildman–Crippen LogP) is 2.58. The molecule has 0 atom stereocenters. The summed E-state index contributed by atoms with van der Waals surface area (Å²) in [5.74, 6) is -0.0988. The number of aromatic nitrogens is 2. The zero-order chi connectivity index (χ0) is 19.8. The standard InChI is InChI=1S/C22H24N4O2/c1-25(16-19-15-24-26(17-19)20-10-6-3-7-11-20)22(28)12-13-23-21(27)14-18-8-4-2-5-9-18/h2-11,15,17H,12-14,16H2,1H3,(H,23,27). The summed E-state index contributed by atoms with van der Waals surface area (Å²) in [4.78, 5) is 25.9. The van der Waals surface area contributed by atoms with Gasteiger partial charge >= 0.3 is 0 Å². The average Bonchev–Trinajstić information content (AvgIpc) is 3.18. The first-order valence-electron chi connectivity index (χ1n) is 9.25. The number of carbonyl (C=O) groups excluding carboxylic acids is 2. The quantitative estimate of drug-likeness (QED) is 0.657. The van der Waals surface area contributed by atoms with E-state index < -0.39 is 0 Å². The van der Waals surface area contributed by atoms with Crippen LogP contribution in [0.2, 0.25) is 0 Å². The van der Waals surface area contributed by atoms with Crippen molar-refractivity contribution in [1.29, 1.82) is 0 Å². The maximum Gasteiger partial charge on any atom is 0.224 e. The van der Waals surface area contributed by atoms with E-state index >= 15 is 0 Å². The lowest BCUT2D eigenvalue weighted by Crippen LogP contribution is -2.32. The topological polar surface area (TPSA) is 67.2 Å². The molecule has 28 heavy (non-hydrogen) atoms. The van der Waals surface area contributed by atoms with Gasteiger partial charge in [0, 0.05) is 38.3 Å². The van der Waals surface area contributed by atoms with Crippen molar-refractivity contribution in [3.63, 3.8) is 0 Å². The number of rotatable bonds is 8. The summed E-state index contributed by atoms with van der Waals surface area (Å²) in [6.45, 7) is 0.807. The number of hydrogen-bond acceptors (Lipinski definition) is 3. The summed E-state index contributed by atoms with van der Waals surface area (Å²) >= 11 is 0. The van der Waals surface area contributed by atoms with E-state index in [0.29, 0.717) is 19.5 Å². The van der Waals surface area contributed by atoms with Crippen LogP contribution in [0.5, 0.6) is 0 Å². The Balaban J connectivity index is 1.42. The maximum absolute atomic E-state index is 12.3. The molecule has 0 aliphatic rings. The Morgan fingerprint density at radius 1 is 1.00 bits per heavy atom. The van der Waals surface area contributed by atoms with Crippen molar-refractivity contribution in [2.75, 3.05) is 13.6 Å². The molecule has 0 radical (unpaired) electrons. The third-order valence-electron chi connectivity index (χ3n) is 4.37. The molecule has 0 saturated heterocycles. The third-order valence-corrected chi connectivity index (χ3v) is 4.37. The normalized spacial score (nSPS) is 10.5. The average molecular weight is 376 g/mol. The summed E-state index contributed by atoms with van der Waals surface area (Å²) in [5, 5.41) is 7.15. The molecule has 3 aromatic rings. The monoisotopic (exact) mass is 376 g/mol. The Hall–Kier alpha value is -3.41. The number of amides is 2. The van der Waals surface area contributed by atoms with Crippen LogP contribution in [-0.2, 0) is 22.6 Å². The van der Waals surface area contributed by atoms with E-state index in [2.05, 4.69) is 10.4 Å². The fraction of sp³-hybridized carbons (Fsp3) is 0.227.